The molecule has 22 heavy (non-hydrogen) atoms. The Hall–Kier alpha value is -2.00. The summed E-state index contributed by atoms with van der Waals surface area (Å²) in [4.78, 5) is 0. The Balaban J connectivity index is 1.84. The van der Waals surface area contributed by atoms with Crippen molar-refractivity contribution in [3.63, 3.8) is 0 Å². The van der Waals surface area contributed by atoms with Crippen LogP contribution in [0.3, 0.4) is 0 Å². The van der Waals surface area contributed by atoms with E-state index in [0.717, 1.165) is 38.2 Å². The van der Waals surface area contributed by atoms with Gasteiger partial charge in [-0.2, -0.15) is 0 Å². The van der Waals surface area contributed by atoms with Gasteiger partial charge >= 0.3 is 0 Å². The summed E-state index contributed by atoms with van der Waals surface area (Å²) in [5, 5.41) is 13.2. The van der Waals surface area contributed by atoms with Crippen LogP contribution in [0.2, 0.25) is 0 Å². The second-order valence-electron chi connectivity index (χ2n) is 5.79. The molecule has 0 saturated heterocycles. The fraction of sp³-hybridized carbons (Fsp3) is 0.368. The third-order valence-corrected chi connectivity index (χ3v) is 4.14. The van der Waals surface area contributed by atoms with Gasteiger partial charge < -0.3 is 15.2 Å². The molecule has 3 rings (SSSR count). The molecule has 0 spiro atoms. The van der Waals surface area contributed by atoms with Crippen LogP contribution in [-0.4, -0.2) is 18.3 Å². The van der Waals surface area contributed by atoms with Gasteiger partial charge in [0.25, 0.3) is 0 Å². The normalized spacial score (nSPS) is 17.0. The van der Waals surface area contributed by atoms with Crippen molar-refractivity contribution in [1.29, 1.82) is 0 Å². The summed E-state index contributed by atoms with van der Waals surface area (Å²) in [5.74, 6) is 1.27. The van der Waals surface area contributed by atoms with E-state index in [1.165, 1.54) is 16.7 Å². The zero-order valence-electron chi connectivity index (χ0n) is 13.0. The molecule has 2 N–H and O–H groups in total. The van der Waals surface area contributed by atoms with Gasteiger partial charge in [0.1, 0.15) is 11.5 Å². The largest absolute Gasteiger partial charge is 0.508 e. The van der Waals surface area contributed by atoms with Crippen LogP contribution >= 0.6 is 0 Å². The van der Waals surface area contributed by atoms with E-state index in [0.29, 0.717) is 5.75 Å². The van der Waals surface area contributed by atoms with Crippen LogP contribution in [0, 0.1) is 0 Å². The first-order chi connectivity index (χ1) is 10.8. The molecule has 116 valence electrons. The first kappa shape index (κ1) is 14.9. The second-order valence-corrected chi connectivity index (χ2v) is 5.79. The van der Waals surface area contributed by atoms with Crippen LogP contribution in [0.1, 0.15) is 42.5 Å². The van der Waals surface area contributed by atoms with Gasteiger partial charge in [-0.25, -0.2) is 0 Å². The summed E-state index contributed by atoms with van der Waals surface area (Å²) in [6, 6.07) is 14.1. The Labute approximate surface area is 131 Å². The van der Waals surface area contributed by atoms with Gasteiger partial charge in [0.15, 0.2) is 0 Å². The lowest BCUT2D eigenvalue weighted by molar-refractivity contribution is 0.309. The number of phenols is 1. The first-order valence-corrected chi connectivity index (χ1v) is 8.06. The standard InChI is InChI=1S/C19H23NO2/c1-2-3-11-22-17-6-4-5-15(13-17)19-18-8-7-16(21)12-14(18)9-10-20-19/h4-8,12-13,19-21H,2-3,9-11H2,1H3. The highest BCUT2D eigenvalue weighted by molar-refractivity contribution is 5.44. The maximum Gasteiger partial charge on any atom is 0.119 e. The molecule has 0 fully saturated rings. The lowest BCUT2D eigenvalue weighted by Crippen LogP contribution is -2.30. The number of hydrogen-bond donors (Lipinski definition) is 2. The van der Waals surface area contributed by atoms with Crippen molar-refractivity contribution in [2.24, 2.45) is 0 Å². The van der Waals surface area contributed by atoms with Gasteiger partial charge in [0, 0.05) is 6.54 Å². The number of hydrogen-bond acceptors (Lipinski definition) is 3. The lowest BCUT2D eigenvalue weighted by Gasteiger charge is -2.27. The fourth-order valence-electron chi connectivity index (χ4n) is 2.97. The smallest absolute Gasteiger partial charge is 0.119 e. The summed E-state index contributed by atoms with van der Waals surface area (Å²) < 4.78 is 5.82. The maximum atomic E-state index is 9.67. The predicted octanol–water partition coefficient (Wildman–Crippen LogP) is 3.81. The van der Waals surface area contributed by atoms with Crippen LogP contribution in [-0.2, 0) is 6.42 Å². The van der Waals surface area contributed by atoms with Crippen molar-refractivity contribution in [1.82, 2.24) is 5.32 Å². The van der Waals surface area contributed by atoms with Crippen molar-refractivity contribution in [2.45, 2.75) is 32.2 Å². The minimum absolute atomic E-state index is 0.166. The maximum absolute atomic E-state index is 9.67. The molecule has 1 aliphatic rings. The van der Waals surface area contributed by atoms with E-state index in [-0.39, 0.29) is 6.04 Å². The molecule has 2 aromatic carbocycles. The summed E-state index contributed by atoms with van der Waals surface area (Å²) in [5.41, 5.74) is 3.68. The Morgan fingerprint density at radius 1 is 1.23 bits per heavy atom. The Kier molecular flexibility index (Phi) is 4.64. The highest BCUT2D eigenvalue weighted by atomic mass is 16.5. The molecular weight excluding hydrogens is 274 g/mol. The number of aromatic hydroxyl groups is 1. The summed E-state index contributed by atoms with van der Waals surface area (Å²) in [6.45, 7) is 3.85. The minimum Gasteiger partial charge on any atom is -0.508 e. The molecule has 0 bridgehead atoms. The third kappa shape index (κ3) is 3.25. The van der Waals surface area contributed by atoms with Gasteiger partial charge in [-0.05, 0) is 53.8 Å². The highest BCUT2D eigenvalue weighted by Crippen LogP contribution is 2.32. The van der Waals surface area contributed by atoms with E-state index < -0.39 is 0 Å². The number of nitrogens with one attached hydrogen (secondary N) is 1. The van der Waals surface area contributed by atoms with E-state index in [9.17, 15) is 5.11 Å². The third-order valence-electron chi connectivity index (χ3n) is 4.14. The molecule has 0 amide bonds. The van der Waals surface area contributed by atoms with Gasteiger partial charge in [0.2, 0.25) is 0 Å². The van der Waals surface area contributed by atoms with E-state index in [2.05, 4.69) is 24.4 Å². The molecule has 0 saturated carbocycles. The Morgan fingerprint density at radius 3 is 3.00 bits per heavy atom. The molecule has 0 aliphatic carbocycles. The predicted molar refractivity (Wildman–Crippen MR) is 88.5 cm³/mol. The molecule has 3 nitrogen and oxygen atoms in total. The summed E-state index contributed by atoms with van der Waals surface area (Å²) in [6.07, 6.45) is 3.17. The van der Waals surface area contributed by atoms with Gasteiger partial charge in [-0.1, -0.05) is 31.5 Å². The lowest BCUT2D eigenvalue weighted by atomic mass is 9.89. The first-order valence-electron chi connectivity index (χ1n) is 8.06. The minimum atomic E-state index is 0.166. The van der Waals surface area contributed by atoms with Crippen LogP contribution in [0.15, 0.2) is 42.5 Å². The van der Waals surface area contributed by atoms with E-state index in [1.54, 1.807) is 6.07 Å². The van der Waals surface area contributed by atoms with Crippen molar-refractivity contribution < 1.29 is 9.84 Å². The molecule has 1 unspecified atom stereocenters. The van der Waals surface area contributed by atoms with E-state index in [4.69, 9.17) is 4.74 Å². The highest BCUT2D eigenvalue weighted by Gasteiger charge is 2.21. The molecule has 3 heteroatoms. The number of fused-ring (bicyclic) bond motifs is 1. The molecule has 1 atom stereocenters. The number of rotatable bonds is 5. The van der Waals surface area contributed by atoms with Crippen LogP contribution in [0.4, 0.5) is 0 Å². The van der Waals surface area contributed by atoms with Crippen molar-refractivity contribution in [2.75, 3.05) is 13.2 Å². The quantitative estimate of drug-likeness (QED) is 0.825. The van der Waals surface area contributed by atoms with E-state index >= 15 is 0 Å². The monoisotopic (exact) mass is 297 g/mol. The Bertz CT molecular complexity index is 639. The molecule has 2 aromatic rings. The number of unbranched alkanes of at least 4 members (excludes halogenated alkanes) is 1. The zero-order valence-corrected chi connectivity index (χ0v) is 13.0. The van der Waals surface area contributed by atoms with E-state index in [1.807, 2.05) is 24.3 Å². The second kappa shape index (κ2) is 6.84. The van der Waals surface area contributed by atoms with Gasteiger partial charge in [0.05, 0.1) is 12.6 Å². The number of benzene rings is 2. The molecule has 0 radical (unpaired) electrons. The number of ether oxygens (including phenoxy) is 1. The molecule has 0 aromatic heterocycles. The molecule has 1 aliphatic heterocycles. The topological polar surface area (TPSA) is 41.5 Å². The van der Waals surface area contributed by atoms with Crippen LogP contribution in [0.5, 0.6) is 11.5 Å². The fourth-order valence-corrected chi connectivity index (χ4v) is 2.97. The van der Waals surface area contributed by atoms with Crippen LogP contribution < -0.4 is 10.1 Å². The summed E-state index contributed by atoms with van der Waals surface area (Å²) in [7, 11) is 0. The Morgan fingerprint density at radius 2 is 2.14 bits per heavy atom. The number of phenolic OH excluding ortho intramolecular Hbond substituents is 1. The van der Waals surface area contributed by atoms with Crippen molar-refractivity contribution >= 4 is 0 Å². The van der Waals surface area contributed by atoms with Crippen molar-refractivity contribution in [3.8, 4) is 11.5 Å². The molecule has 1 heterocycles. The van der Waals surface area contributed by atoms with Crippen LogP contribution in [0.25, 0.3) is 0 Å². The average Bonchev–Trinajstić information content (AvgIpc) is 2.54. The van der Waals surface area contributed by atoms with Gasteiger partial charge in [-0.3, -0.25) is 0 Å². The average molecular weight is 297 g/mol. The summed E-state index contributed by atoms with van der Waals surface area (Å²) >= 11 is 0. The van der Waals surface area contributed by atoms with Gasteiger partial charge in [-0.15, -0.1) is 0 Å². The van der Waals surface area contributed by atoms with Crippen molar-refractivity contribution in [3.05, 3.63) is 59.2 Å². The zero-order chi connectivity index (χ0) is 15.4. The molecular formula is C19H23NO2. The SMILES string of the molecule is CCCCOc1cccc(C2NCCc3cc(O)ccc32)c1.